The first kappa shape index (κ1) is 9.07. The third-order valence-corrected chi connectivity index (χ3v) is 2.67. The van der Waals surface area contributed by atoms with Crippen LogP contribution in [0.5, 0.6) is 5.75 Å². The van der Waals surface area contributed by atoms with Crippen LogP contribution in [0, 0.1) is 6.92 Å². The highest BCUT2D eigenvalue weighted by molar-refractivity contribution is 5.89. The Bertz CT molecular complexity index is 472. The molecular weight excluding hydrogens is 172 g/mol. The summed E-state index contributed by atoms with van der Waals surface area (Å²) in [6.45, 7) is 4.18. The molecule has 1 nitrogen and oxygen atoms in total. The van der Waals surface area contributed by atoms with Crippen molar-refractivity contribution >= 4 is 10.8 Å². The Morgan fingerprint density at radius 2 is 1.93 bits per heavy atom. The molecule has 0 amide bonds. The van der Waals surface area contributed by atoms with E-state index >= 15 is 0 Å². The van der Waals surface area contributed by atoms with Crippen LogP contribution in [-0.2, 0) is 6.42 Å². The molecule has 0 aliphatic heterocycles. The standard InChI is InChI=1S/C13H14O/c1-3-10-7-11(14)8-13-9(2)5-4-6-12(10)13/h4-8,14H,3H2,1-2H3. The lowest BCUT2D eigenvalue weighted by Gasteiger charge is -2.07. The molecule has 0 aromatic heterocycles. The van der Waals surface area contributed by atoms with E-state index in [0.29, 0.717) is 5.75 Å². The lowest BCUT2D eigenvalue weighted by Crippen LogP contribution is -1.85. The van der Waals surface area contributed by atoms with Gasteiger partial charge in [-0.3, -0.25) is 0 Å². The van der Waals surface area contributed by atoms with Gasteiger partial charge < -0.3 is 5.11 Å². The van der Waals surface area contributed by atoms with Gasteiger partial charge in [-0.15, -0.1) is 0 Å². The van der Waals surface area contributed by atoms with Gasteiger partial charge in [0.15, 0.2) is 0 Å². The van der Waals surface area contributed by atoms with Gasteiger partial charge in [0, 0.05) is 0 Å². The molecule has 0 radical (unpaired) electrons. The zero-order valence-electron chi connectivity index (χ0n) is 8.54. The Hall–Kier alpha value is -1.50. The van der Waals surface area contributed by atoms with Crippen LogP contribution in [-0.4, -0.2) is 5.11 Å². The van der Waals surface area contributed by atoms with E-state index in [4.69, 9.17) is 0 Å². The summed E-state index contributed by atoms with van der Waals surface area (Å²) in [5, 5.41) is 12.0. The third kappa shape index (κ3) is 1.35. The Kier molecular flexibility index (Phi) is 2.16. The van der Waals surface area contributed by atoms with Gasteiger partial charge in [-0.25, -0.2) is 0 Å². The summed E-state index contributed by atoms with van der Waals surface area (Å²) >= 11 is 0. The lowest BCUT2D eigenvalue weighted by molar-refractivity contribution is 0.475. The van der Waals surface area contributed by atoms with Crippen molar-refractivity contribution in [2.45, 2.75) is 20.3 Å². The minimum Gasteiger partial charge on any atom is -0.508 e. The van der Waals surface area contributed by atoms with E-state index in [1.165, 1.54) is 16.5 Å². The van der Waals surface area contributed by atoms with E-state index in [9.17, 15) is 5.11 Å². The van der Waals surface area contributed by atoms with E-state index in [0.717, 1.165) is 11.8 Å². The smallest absolute Gasteiger partial charge is 0.116 e. The number of rotatable bonds is 1. The molecular formula is C13H14O. The van der Waals surface area contributed by atoms with Crippen LogP contribution in [0.3, 0.4) is 0 Å². The Balaban J connectivity index is 2.87. The number of benzene rings is 2. The molecule has 0 aliphatic carbocycles. The Morgan fingerprint density at radius 1 is 1.14 bits per heavy atom. The average Bonchev–Trinajstić information content (AvgIpc) is 2.18. The quantitative estimate of drug-likeness (QED) is 0.723. The maximum Gasteiger partial charge on any atom is 0.116 e. The molecule has 1 N–H and O–H groups in total. The number of phenols is 1. The maximum absolute atomic E-state index is 9.57. The SMILES string of the molecule is CCc1cc(O)cc2c(C)cccc12. The zero-order chi connectivity index (χ0) is 10.1. The molecule has 0 bridgehead atoms. The van der Waals surface area contributed by atoms with Crippen LogP contribution >= 0.6 is 0 Å². The minimum atomic E-state index is 0.364. The summed E-state index contributed by atoms with van der Waals surface area (Å²) in [6.07, 6.45) is 0.953. The van der Waals surface area contributed by atoms with Crippen molar-refractivity contribution in [2.24, 2.45) is 0 Å². The zero-order valence-corrected chi connectivity index (χ0v) is 8.54. The van der Waals surface area contributed by atoms with Gasteiger partial charge in [-0.05, 0) is 47.4 Å². The normalized spacial score (nSPS) is 10.7. The van der Waals surface area contributed by atoms with Crippen molar-refractivity contribution in [1.29, 1.82) is 0 Å². The van der Waals surface area contributed by atoms with Crippen molar-refractivity contribution in [3.8, 4) is 5.75 Å². The van der Waals surface area contributed by atoms with Crippen LogP contribution in [0.15, 0.2) is 30.3 Å². The van der Waals surface area contributed by atoms with Crippen molar-refractivity contribution in [3.63, 3.8) is 0 Å². The van der Waals surface area contributed by atoms with Gasteiger partial charge in [-0.2, -0.15) is 0 Å². The number of aromatic hydroxyl groups is 1. The first-order chi connectivity index (χ1) is 6.72. The number of fused-ring (bicyclic) bond motifs is 1. The van der Waals surface area contributed by atoms with Crippen molar-refractivity contribution in [3.05, 3.63) is 41.5 Å². The van der Waals surface area contributed by atoms with Gasteiger partial charge in [0.05, 0.1) is 0 Å². The van der Waals surface area contributed by atoms with E-state index in [1.807, 2.05) is 12.1 Å². The van der Waals surface area contributed by atoms with E-state index in [1.54, 1.807) is 0 Å². The number of hydrogen-bond donors (Lipinski definition) is 1. The molecule has 2 rings (SSSR count). The van der Waals surface area contributed by atoms with Crippen molar-refractivity contribution < 1.29 is 5.11 Å². The van der Waals surface area contributed by atoms with Crippen molar-refractivity contribution in [2.75, 3.05) is 0 Å². The highest BCUT2D eigenvalue weighted by Crippen LogP contribution is 2.27. The maximum atomic E-state index is 9.57. The molecule has 0 aliphatic rings. The number of hydrogen-bond acceptors (Lipinski definition) is 1. The molecule has 14 heavy (non-hydrogen) atoms. The van der Waals surface area contributed by atoms with Crippen LogP contribution in [0.2, 0.25) is 0 Å². The second kappa shape index (κ2) is 3.33. The molecule has 0 saturated heterocycles. The van der Waals surface area contributed by atoms with Crippen LogP contribution in [0.4, 0.5) is 0 Å². The highest BCUT2D eigenvalue weighted by atomic mass is 16.3. The van der Waals surface area contributed by atoms with Gasteiger partial charge in [0.1, 0.15) is 5.75 Å². The van der Waals surface area contributed by atoms with Gasteiger partial charge in [0.25, 0.3) is 0 Å². The lowest BCUT2D eigenvalue weighted by atomic mass is 9.99. The second-order valence-corrected chi connectivity index (χ2v) is 3.63. The summed E-state index contributed by atoms with van der Waals surface area (Å²) in [5.41, 5.74) is 2.43. The van der Waals surface area contributed by atoms with E-state index < -0.39 is 0 Å². The minimum absolute atomic E-state index is 0.364. The summed E-state index contributed by atoms with van der Waals surface area (Å²) in [5.74, 6) is 0.364. The largest absolute Gasteiger partial charge is 0.508 e. The van der Waals surface area contributed by atoms with E-state index in [2.05, 4.69) is 32.0 Å². The first-order valence-electron chi connectivity index (χ1n) is 4.93. The molecule has 1 heteroatoms. The summed E-state index contributed by atoms with van der Waals surface area (Å²) in [6, 6.07) is 9.93. The van der Waals surface area contributed by atoms with Crippen LogP contribution in [0.1, 0.15) is 18.1 Å². The van der Waals surface area contributed by atoms with Crippen molar-refractivity contribution in [1.82, 2.24) is 0 Å². The fraction of sp³-hybridized carbons (Fsp3) is 0.231. The topological polar surface area (TPSA) is 20.2 Å². The second-order valence-electron chi connectivity index (χ2n) is 3.63. The fourth-order valence-corrected chi connectivity index (χ4v) is 1.89. The predicted molar refractivity (Wildman–Crippen MR) is 59.7 cm³/mol. The molecule has 0 fully saturated rings. The molecule has 0 unspecified atom stereocenters. The Morgan fingerprint density at radius 3 is 2.64 bits per heavy atom. The van der Waals surface area contributed by atoms with Gasteiger partial charge >= 0.3 is 0 Å². The molecule has 0 spiro atoms. The number of aryl methyl sites for hydroxylation is 2. The molecule has 0 heterocycles. The molecule has 2 aromatic rings. The highest BCUT2D eigenvalue weighted by Gasteiger charge is 2.03. The summed E-state index contributed by atoms with van der Waals surface area (Å²) < 4.78 is 0. The monoisotopic (exact) mass is 186 g/mol. The van der Waals surface area contributed by atoms with E-state index in [-0.39, 0.29) is 0 Å². The fourth-order valence-electron chi connectivity index (χ4n) is 1.89. The van der Waals surface area contributed by atoms with Gasteiger partial charge in [-0.1, -0.05) is 25.1 Å². The predicted octanol–water partition coefficient (Wildman–Crippen LogP) is 3.42. The van der Waals surface area contributed by atoms with Crippen LogP contribution < -0.4 is 0 Å². The molecule has 0 atom stereocenters. The average molecular weight is 186 g/mol. The molecule has 0 saturated carbocycles. The van der Waals surface area contributed by atoms with Crippen LogP contribution in [0.25, 0.3) is 10.8 Å². The van der Waals surface area contributed by atoms with Gasteiger partial charge in [0.2, 0.25) is 0 Å². The summed E-state index contributed by atoms with van der Waals surface area (Å²) in [4.78, 5) is 0. The first-order valence-corrected chi connectivity index (χ1v) is 4.93. The number of phenolic OH excluding ortho intramolecular Hbond substituents is 1. The third-order valence-electron chi connectivity index (χ3n) is 2.67. The molecule has 72 valence electrons. The Labute approximate surface area is 84.0 Å². The summed E-state index contributed by atoms with van der Waals surface area (Å²) in [7, 11) is 0. The molecule has 2 aromatic carbocycles.